The van der Waals surface area contributed by atoms with Gasteiger partial charge in [0.2, 0.25) is 0 Å². The lowest BCUT2D eigenvalue weighted by Crippen LogP contribution is -2.01. The number of carbonyl (C=O) groups is 1. The molecule has 0 heterocycles. The zero-order valence-electron chi connectivity index (χ0n) is 5.55. The highest BCUT2D eigenvalue weighted by atomic mass is 16.7. The molecule has 0 aromatic rings. The van der Waals surface area contributed by atoms with Gasteiger partial charge >= 0.3 is 6.16 Å². The number of ether oxygens (including phenoxy) is 1. The van der Waals surface area contributed by atoms with Crippen LogP contribution < -0.4 is 0 Å². The van der Waals surface area contributed by atoms with E-state index in [4.69, 9.17) is 5.11 Å². The summed E-state index contributed by atoms with van der Waals surface area (Å²) in [4.78, 5) is 9.77. The standard InChI is InChI=1S/C6H10O3/c1-3-5(2)4-9-6(7)8/h3H,4H2,1-2H3,(H,7,8). The van der Waals surface area contributed by atoms with Gasteiger partial charge in [0.1, 0.15) is 6.61 Å². The molecule has 9 heavy (non-hydrogen) atoms. The van der Waals surface area contributed by atoms with E-state index >= 15 is 0 Å². The summed E-state index contributed by atoms with van der Waals surface area (Å²) in [6.07, 6.45) is 0.583. The summed E-state index contributed by atoms with van der Waals surface area (Å²) in [5.74, 6) is 0. The second-order valence-corrected chi connectivity index (χ2v) is 1.69. The molecular formula is C6H10O3. The minimum atomic E-state index is -1.23. The Morgan fingerprint density at radius 1 is 1.78 bits per heavy atom. The Hall–Kier alpha value is -0.990. The molecule has 0 bridgehead atoms. The van der Waals surface area contributed by atoms with Gasteiger partial charge in [0.15, 0.2) is 0 Å². The number of rotatable bonds is 2. The van der Waals surface area contributed by atoms with Crippen LogP contribution in [-0.2, 0) is 4.74 Å². The van der Waals surface area contributed by atoms with Crippen LogP contribution in [0.3, 0.4) is 0 Å². The Bertz CT molecular complexity index is 126. The Morgan fingerprint density at radius 2 is 2.33 bits per heavy atom. The van der Waals surface area contributed by atoms with Gasteiger partial charge in [-0.15, -0.1) is 0 Å². The van der Waals surface area contributed by atoms with Crippen LogP contribution in [0.5, 0.6) is 0 Å². The summed E-state index contributed by atoms with van der Waals surface area (Å²) in [5, 5.41) is 8.01. The summed E-state index contributed by atoms with van der Waals surface area (Å²) in [5.41, 5.74) is 0.914. The second-order valence-electron chi connectivity index (χ2n) is 1.69. The fourth-order valence-corrected chi connectivity index (χ4v) is 0.259. The third-order valence-corrected chi connectivity index (χ3v) is 0.916. The number of hydrogen-bond acceptors (Lipinski definition) is 2. The van der Waals surface area contributed by atoms with Gasteiger partial charge in [-0.3, -0.25) is 0 Å². The van der Waals surface area contributed by atoms with Crippen molar-refractivity contribution in [2.75, 3.05) is 6.61 Å². The Kier molecular flexibility index (Phi) is 3.51. The molecule has 0 unspecified atom stereocenters. The first-order chi connectivity index (χ1) is 4.16. The van der Waals surface area contributed by atoms with Crippen molar-refractivity contribution in [2.24, 2.45) is 0 Å². The first-order valence-corrected chi connectivity index (χ1v) is 2.64. The SMILES string of the molecule is CC=C(C)COC(=O)O. The van der Waals surface area contributed by atoms with E-state index in [0.29, 0.717) is 0 Å². The zero-order chi connectivity index (χ0) is 7.28. The lowest BCUT2D eigenvalue weighted by atomic mass is 10.3. The molecule has 0 aromatic heterocycles. The van der Waals surface area contributed by atoms with Crippen molar-refractivity contribution in [1.29, 1.82) is 0 Å². The minimum Gasteiger partial charge on any atom is -0.450 e. The van der Waals surface area contributed by atoms with E-state index in [9.17, 15) is 4.79 Å². The van der Waals surface area contributed by atoms with E-state index in [1.54, 1.807) is 0 Å². The van der Waals surface area contributed by atoms with Crippen LogP contribution in [0.2, 0.25) is 0 Å². The second kappa shape index (κ2) is 3.95. The van der Waals surface area contributed by atoms with Crippen LogP contribution in [0.1, 0.15) is 13.8 Å². The molecular weight excluding hydrogens is 120 g/mol. The van der Waals surface area contributed by atoms with Gasteiger partial charge in [0, 0.05) is 0 Å². The van der Waals surface area contributed by atoms with Gasteiger partial charge in [0.25, 0.3) is 0 Å². The predicted molar refractivity (Wildman–Crippen MR) is 33.4 cm³/mol. The maximum absolute atomic E-state index is 9.77. The largest absolute Gasteiger partial charge is 0.506 e. The zero-order valence-corrected chi connectivity index (χ0v) is 5.55. The van der Waals surface area contributed by atoms with Gasteiger partial charge in [0.05, 0.1) is 0 Å². The highest BCUT2D eigenvalue weighted by Crippen LogP contribution is 1.91. The minimum absolute atomic E-state index is 0.172. The quantitative estimate of drug-likeness (QED) is 0.456. The molecule has 3 nitrogen and oxygen atoms in total. The molecule has 52 valence electrons. The smallest absolute Gasteiger partial charge is 0.450 e. The van der Waals surface area contributed by atoms with Crippen molar-refractivity contribution >= 4 is 6.16 Å². The molecule has 0 amide bonds. The Morgan fingerprint density at radius 3 is 2.67 bits per heavy atom. The predicted octanol–water partition coefficient (Wildman–Crippen LogP) is 1.65. The molecule has 0 aliphatic rings. The monoisotopic (exact) mass is 130 g/mol. The Balaban J connectivity index is 3.39. The van der Waals surface area contributed by atoms with Gasteiger partial charge < -0.3 is 9.84 Å². The third kappa shape index (κ3) is 4.87. The molecule has 0 saturated heterocycles. The summed E-state index contributed by atoms with van der Waals surface area (Å²) in [6.45, 7) is 3.81. The van der Waals surface area contributed by atoms with Crippen LogP contribution in [-0.4, -0.2) is 17.9 Å². The fraction of sp³-hybridized carbons (Fsp3) is 0.500. The summed E-state index contributed by atoms with van der Waals surface area (Å²) in [6, 6.07) is 0. The first kappa shape index (κ1) is 8.01. The van der Waals surface area contributed by atoms with E-state index in [-0.39, 0.29) is 6.61 Å². The van der Waals surface area contributed by atoms with Crippen molar-refractivity contribution in [1.82, 2.24) is 0 Å². The van der Waals surface area contributed by atoms with E-state index in [0.717, 1.165) is 5.57 Å². The van der Waals surface area contributed by atoms with Crippen molar-refractivity contribution in [3.8, 4) is 0 Å². The highest BCUT2D eigenvalue weighted by Gasteiger charge is 1.94. The number of hydrogen-bond donors (Lipinski definition) is 1. The molecule has 0 spiro atoms. The molecule has 0 fully saturated rings. The lowest BCUT2D eigenvalue weighted by Gasteiger charge is -1.97. The van der Waals surface area contributed by atoms with Gasteiger partial charge in [-0.1, -0.05) is 6.08 Å². The molecule has 0 saturated carbocycles. The van der Waals surface area contributed by atoms with Crippen molar-refractivity contribution in [3.63, 3.8) is 0 Å². The van der Waals surface area contributed by atoms with Crippen molar-refractivity contribution in [2.45, 2.75) is 13.8 Å². The normalized spacial score (nSPS) is 11.1. The molecule has 0 atom stereocenters. The van der Waals surface area contributed by atoms with Gasteiger partial charge in [-0.2, -0.15) is 0 Å². The van der Waals surface area contributed by atoms with Crippen LogP contribution in [0.4, 0.5) is 4.79 Å². The van der Waals surface area contributed by atoms with Crippen LogP contribution >= 0.6 is 0 Å². The highest BCUT2D eigenvalue weighted by molar-refractivity contribution is 5.57. The average molecular weight is 130 g/mol. The molecule has 0 rings (SSSR count). The van der Waals surface area contributed by atoms with Crippen molar-refractivity contribution < 1.29 is 14.6 Å². The number of carboxylic acid groups (broad SMARTS) is 1. The molecule has 0 radical (unpaired) electrons. The lowest BCUT2D eigenvalue weighted by molar-refractivity contribution is 0.0996. The number of allylic oxidation sites excluding steroid dienone is 1. The van der Waals surface area contributed by atoms with Gasteiger partial charge in [-0.05, 0) is 19.4 Å². The summed E-state index contributed by atoms with van der Waals surface area (Å²) in [7, 11) is 0. The average Bonchev–Trinajstić information content (AvgIpc) is 1.83. The van der Waals surface area contributed by atoms with Gasteiger partial charge in [-0.25, -0.2) is 4.79 Å². The molecule has 0 aliphatic heterocycles. The van der Waals surface area contributed by atoms with Crippen LogP contribution in [0.25, 0.3) is 0 Å². The van der Waals surface area contributed by atoms with Crippen molar-refractivity contribution in [3.05, 3.63) is 11.6 Å². The molecule has 3 heteroatoms. The summed E-state index contributed by atoms with van der Waals surface area (Å²) >= 11 is 0. The third-order valence-electron chi connectivity index (χ3n) is 0.916. The van der Waals surface area contributed by atoms with Crippen LogP contribution in [0, 0.1) is 0 Å². The van der Waals surface area contributed by atoms with E-state index in [2.05, 4.69) is 4.74 Å². The van der Waals surface area contributed by atoms with E-state index < -0.39 is 6.16 Å². The fourth-order valence-electron chi connectivity index (χ4n) is 0.259. The topological polar surface area (TPSA) is 46.5 Å². The maximum atomic E-state index is 9.77. The first-order valence-electron chi connectivity index (χ1n) is 2.64. The van der Waals surface area contributed by atoms with Crippen LogP contribution in [0.15, 0.2) is 11.6 Å². The maximum Gasteiger partial charge on any atom is 0.506 e. The summed E-state index contributed by atoms with van der Waals surface area (Å²) < 4.78 is 4.24. The Labute approximate surface area is 53.9 Å². The molecule has 0 aromatic carbocycles. The molecule has 1 N–H and O–H groups in total. The molecule has 0 aliphatic carbocycles. The van der Waals surface area contributed by atoms with E-state index in [1.807, 2.05) is 19.9 Å². The van der Waals surface area contributed by atoms with E-state index in [1.165, 1.54) is 0 Å².